The molecule has 3 rings (SSSR count). The summed E-state index contributed by atoms with van der Waals surface area (Å²) < 4.78 is 7.61. The number of ether oxygens (including phenoxy) is 1. The smallest absolute Gasteiger partial charge is 0.0771 e. The standard InChI is InChI=1S/C15H21N3OS/c1-11-6-13(12(2)20-11)7-16-14-8-17-18(9-14)10-15-4-3-5-19-15/h6,8-9,15-16H,3-5,7,10H2,1-2H3. The highest BCUT2D eigenvalue weighted by Crippen LogP contribution is 2.21. The number of rotatable bonds is 5. The Bertz CT molecular complexity index is 569. The van der Waals surface area contributed by atoms with Crippen molar-refractivity contribution in [3.63, 3.8) is 0 Å². The van der Waals surface area contributed by atoms with E-state index in [4.69, 9.17) is 4.74 Å². The fourth-order valence-corrected chi connectivity index (χ4v) is 3.55. The van der Waals surface area contributed by atoms with Gasteiger partial charge in [-0.3, -0.25) is 4.68 Å². The maximum atomic E-state index is 5.63. The van der Waals surface area contributed by atoms with Gasteiger partial charge in [-0.2, -0.15) is 5.10 Å². The molecule has 2 aromatic heterocycles. The first-order valence-electron chi connectivity index (χ1n) is 7.14. The van der Waals surface area contributed by atoms with Crippen molar-refractivity contribution >= 4 is 17.0 Å². The normalized spacial score (nSPS) is 18.6. The molecule has 5 heteroatoms. The molecule has 0 saturated carbocycles. The molecule has 1 aliphatic rings. The van der Waals surface area contributed by atoms with E-state index in [9.17, 15) is 0 Å². The van der Waals surface area contributed by atoms with E-state index in [1.165, 1.54) is 21.7 Å². The summed E-state index contributed by atoms with van der Waals surface area (Å²) in [5, 5.41) is 7.84. The molecule has 20 heavy (non-hydrogen) atoms. The molecule has 108 valence electrons. The zero-order chi connectivity index (χ0) is 13.9. The molecule has 0 amide bonds. The van der Waals surface area contributed by atoms with E-state index >= 15 is 0 Å². The van der Waals surface area contributed by atoms with Crippen LogP contribution in [0.3, 0.4) is 0 Å². The summed E-state index contributed by atoms with van der Waals surface area (Å²) >= 11 is 1.85. The molecule has 1 aliphatic heterocycles. The minimum atomic E-state index is 0.338. The Kier molecular flexibility index (Phi) is 4.08. The quantitative estimate of drug-likeness (QED) is 0.918. The number of hydrogen-bond donors (Lipinski definition) is 1. The number of aryl methyl sites for hydroxylation is 2. The molecule has 0 radical (unpaired) electrons. The summed E-state index contributed by atoms with van der Waals surface area (Å²) in [5.41, 5.74) is 2.45. The molecule has 1 N–H and O–H groups in total. The number of thiophene rings is 1. The summed E-state index contributed by atoms with van der Waals surface area (Å²) in [4.78, 5) is 2.76. The Balaban J connectivity index is 1.55. The third-order valence-corrected chi connectivity index (χ3v) is 4.68. The lowest BCUT2D eigenvalue weighted by atomic mass is 10.2. The molecule has 1 atom stereocenters. The van der Waals surface area contributed by atoms with Gasteiger partial charge in [-0.15, -0.1) is 11.3 Å². The summed E-state index contributed by atoms with van der Waals surface area (Å²) in [5.74, 6) is 0. The van der Waals surface area contributed by atoms with Crippen molar-refractivity contribution in [2.75, 3.05) is 11.9 Å². The van der Waals surface area contributed by atoms with Gasteiger partial charge in [-0.25, -0.2) is 0 Å². The second-order valence-electron chi connectivity index (χ2n) is 5.38. The Morgan fingerprint density at radius 2 is 2.40 bits per heavy atom. The molecular weight excluding hydrogens is 270 g/mol. The predicted octanol–water partition coefficient (Wildman–Crippen LogP) is 3.35. The van der Waals surface area contributed by atoms with Crippen molar-refractivity contribution < 1.29 is 4.74 Å². The zero-order valence-corrected chi connectivity index (χ0v) is 12.9. The number of hydrogen-bond acceptors (Lipinski definition) is 4. The number of aromatic nitrogens is 2. The Labute approximate surface area is 123 Å². The van der Waals surface area contributed by atoms with E-state index in [2.05, 4.69) is 36.5 Å². The van der Waals surface area contributed by atoms with E-state index in [0.717, 1.165) is 31.8 Å². The zero-order valence-electron chi connectivity index (χ0n) is 12.1. The van der Waals surface area contributed by atoms with Gasteiger partial charge in [-0.05, 0) is 38.3 Å². The first-order valence-corrected chi connectivity index (χ1v) is 7.96. The topological polar surface area (TPSA) is 39.1 Å². The van der Waals surface area contributed by atoms with Crippen LogP contribution in [-0.2, 0) is 17.8 Å². The van der Waals surface area contributed by atoms with Gasteiger partial charge in [-0.1, -0.05) is 0 Å². The maximum Gasteiger partial charge on any atom is 0.0771 e. The molecule has 2 aromatic rings. The fourth-order valence-electron chi connectivity index (χ4n) is 2.61. The highest BCUT2D eigenvalue weighted by molar-refractivity contribution is 7.12. The van der Waals surface area contributed by atoms with Crippen LogP contribution in [0.4, 0.5) is 5.69 Å². The molecule has 3 heterocycles. The van der Waals surface area contributed by atoms with Crippen molar-refractivity contribution in [3.05, 3.63) is 33.8 Å². The molecule has 0 spiro atoms. The SMILES string of the molecule is Cc1cc(CNc2cnn(CC3CCCO3)c2)c(C)s1. The highest BCUT2D eigenvalue weighted by Gasteiger charge is 2.16. The van der Waals surface area contributed by atoms with Crippen LogP contribution >= 0.6 is 11.3 Å². The van der Waals surface area contributed by atoms with Crippen molar-refractivity contribution in [1.82, 2.24) is 9.78 Å². The second-order valence-corrected chi connectivity index (χ2v) is 6.84. The van der Waals surface area contributed by atoms with Crippen LogP contribution in [0.1, 0.15) is 28.2 Å². The van der Waals surface area contributed by atoms with E-state index in [1.807, 2.05) is 22.2 Å². The van der Waals surface area contributed by atoms with Crippen LogP contribution in [0.15, 0.2) is 18.5 Å². The van der Waals surface area contributed by atoms with Gasteiger partial charge in [0.1, 0.15) is 0 Å². The third-order valence-electron chi connectivity index (χ3n) is 3.67. The lowest BCUT2D eigenvalue weighted by Gasteiger charge is -2.08. The maximum absolute atomic E-state index is 5.63. The minimum absolute atomic E-state index is 0.338. The molecule has 0 aliphatic carbocycles. The molecule has 0 aromatic carbocycles. The van der Waals surface area contributed by atoms with Gasteiger partial charge in [0.05, 0.1) is 24.5 Å². The van der Waals surface area contributed by atoms with Crippen LogP contribution in [0, 0.1) is 13.8 Å². The van der Waals surface area contributed by atoms with Gasteiger partial charge in [0.2, 0.25) is 0 Å². The molecule has 4 nitrogen and oxygen atoms in total. The number of nitrogens with one attached hydrogen (secondary N) is 1. The van der Waals surface area contributed by atoms with Gasteiger partial charge < -0.3 is 10.1 Å². The fraction of sp³-hybridized carbons (Fsp3) is 0.533. The Morgan fingerprint density at radius 1 is 1.50 bits per heavy atom. The molecule has 1 saturated heterocycles. The largest absolute Gasteiger partial charge is 0.378 e. The summed E-state index contributed by atoms with van der Waals surface area (Å²) in [6.45, 7) is 6.95. The number of nitrogens with zero attached hydrogens (tertiary/aromatic N) is 2. The van der Waals surface area contributed by atoms with Crippen LogP contribution in [0.25, 0.3) is 0 Å². The summed E-state index contributed by atoms with van der Waals surface area (Å²) in [7, 11) is 0. The minimum Gasteiger partial charge on any atom is -0.378 e. The van der Waals surface area contributed by atoms with E-state index in [1.54, 1.807) is 0 Å². The molecule has 0 bridgehead atoms. The average molecular weight is 291 g/mol. The van der Waals surface area contributed by atoms with Crippen molar-refractivity contribution in [3.8, 4) is 0 Å². The number of anilines is 1. The predicted molar refractivity (Wildman–Crippen MR) is 82.3 cm³/mol. The van der Waals surface area contributed by atoms with E-state index in [-0.39, 0.29) is 0 Å². The average Bonchev–Trinajstić information content (AvgIpc) is 3.11. The van der Waals surface area contributed by atoms with Gasteiger partial charge in [0, 0.05) is 29.1 Å². The van der Waals surface area contributed by atoms with Crippen LogP contribution in [-0.4, -0.2) is 22.5 Å². The Hall–Kier alpha value is -1.33. The van der Waals surface area contributed by atoms with Crippen molar-refractivity contribution in [1.29, 1.82) is 0 Å². The molecular formula is C15H21N3OS. The molecule has 1 fully saturated rings. The van der Waals surface area contributed by atoms with Crippen molar-refractivity contribution in [2.24, 2.45) is 0 Å². The molecule has 1 unspecified atom stereocenters. The van der Waals surface area contributed by atoms with E-state index in [0.29, 0.717) is 6.10 Å². The van der Waals surface area contributed by atoms with Gasteiger partial charge >= 0.3 is 0 Å². The van der Waals surface area contributed by atoms with Crippen LogP contribution in [0.2, 0.25) is 0 Å². The van der Waals surface area contributed by atoms with Gasteiger partial charge in [0.15, 0.2) is 0 Å². The lowest BCUT2D eigenvalue weighted by Crippen LogP contribution is -2.15. The highest BCUT2D eigenvalue weighted by atomic mass is 32.1. The first kappa shape index (κ1) is 13.6. The van der Waals surface area contributed by atoms with Crippen LogP contribution in [0.5, 0.6) is 0 Å². The van der Waals surface area contributed by atoms with Gasteiger partial charge in [0.25, 0.3) is 0 Å². The third kappa shape index (κ3) is 3.22. The lowest BCUT2D eigenvalue weighted by molar-refractivity contribution is 0.0940. The van der Waals surface area contributed by atoms with E-state index < -0.39 is 0 Å². The Morgan fingerprint density at radius 3 is 3.10 bits per heavy atom. The summed E-state index contributed by atoms with van der Waals surface area (Å²) in [6, 6.07) is 2.25. The van der Waals surface area contributed by atoms with Crippen molar-refractivity contribution in [2.45, 2.75) is 45.9 Å². The summed E-state index contributed by atoms with van der Waals surface area (Å²) in [6.07, 6.45) is 6.62. The second kappa shape index (κ2) is 5.97. The monoisotopic (exact) mass is 291 g/mol. The first-order chi connectivity index (χ1) is 9.70. The van der Waals surface area contributed by atoms with Crippen LogP contribution < -0.4 is 5.32 Å².